The van der Waals surface area contributed by atoms with Gasteiger partial charge in [-0.2, -0.15) is 9.97 Å². The molecule has 34 heavy (non-hydrogen) atoms. The summed E-state index contributed by atoms with van der Waals surface area (Å²) in [4.78, 5) is 16.5. The van der Waals surface area contributed by atoms with Crippen LogP contribution in [0.1, 0.15) is 37.3 Å². The first-order valence-corrected chi connectivity index (χ1v) is 12.1. The first-order chi connectivity index (χ1) is 16.3. The molecule has 182 valence electrons. The fourth-order valence-electron chi connectivity index (χ4n) is 3.33. The zero-order valence-electron chi connectivity index (χ0n) is 18.8. The van der Waals surface area contributed by atoms with Gasteiger partial charge in [0.05, 0.1) is 43.6 Å². The van der Waals surface area contributed by atoms with Crippen molar-refractivity contribution in [2.75, 3.05) is 32.2 Å². The van der Waals surface area contributed by atoms with Crippen molar-refractivity contribution in [1.29, 1.82) is 0 Å². The highest BCUT2D eigenvalue weighted by Crippen LogP contribution is 2.36. The Labute approximate surface area is 200 Å². The van der Waals surface area contributed by atoms with Gasteiger partial charge in [0.25, 0.3) is 0 Å². The van der Waals surface area contributed by atoms with E-state index in [0.29, 0.717) is 29.9 Å². The molecule has 1 aliphatic heterocycles. The Kier molecular flexibility index (Phi) is 6.81. The van der Waals surface area contributed by atoms with E-state index in [1.165, 1.54) is 37.5 Å². The van der Waals surface area contributed by atoms with Crippen molar-refractivity contribution in [2.45, 2.75) is 30.9 Å². The number of anilines is 1. The van der Waals surface area contributed by atoms with Crippen molar-refractivity contribution in [2.24, 2.45) is 0 Å². The van der Waals surface area contributed by atoms with Crippen molar-refractivity contribution >= 4 is 27.6 Å². The summed E-state index contributed by atoms with van der Waals surface area (Å²) in [7, 11) is -1.12. The monoisotopic (exact) mass is 510 g/mol. The average molecular weight is 511 g/mol. The summed E-state index contributed by atoms with van der Waals surface area (Å²) in [5.41, 5.74) is 0.263. The Morgan fingerprint density at radius 2 is 1.71 bits per heavy atom. The van der Waals surface area contributed by atoms with Crippen molar-refractivity contribution in [3.63, 3.8) is 0 Å². The van der Waals surface area contributed by atoms with E-state index in [-0.39, 0.29) is 29.3 Å². The van der Waals surface area contributed by atoms with Gasteiger partial charge >= 0.3 is 0 Å². The van der Waals surface area contributed by atoms with E-state index in [1.807, 2.05) is 0 Å². The number of sulfonamides is 1. The topological polar surface area (TPSA) is 156 Å². The lowest BCUT2D eigenvalue weighted by Gasteiger charge is -2.26. The summed E-state index contributed by atoms with van der Waals surface area (Å²) >= 11 is 5.85. The summed E-state index contributed by atoms with van der Waals surface area (Å²) in [6.07, 6.45) is 4.12. The fourth-order valence-corrected chi connectivity index (χ4v) is 4.66. The van der Waals surface area contributed by atoms with Gasteiger partial charge in [-0.25, -0.2) is 18.4 Å². The predicted octanol–water partition coefficient (Wildman–Crippen LogP) is 1.57. The minimum Gasteiger partial charge on any atom is -0.479 e. The van der Waals surface area contributed by atoms with Gasteiger partial charge < -0.3 is 14.2 Å². The number of rotatable bonds is 9. The smallest absolute Gasteiger partial charge is 0.245 e. The van der Waals surface area contributed by atoms with Crippen LogP contribution in [-0.4, -0.2) is 75.8 Å². The quantitative estimate of drug-likeness (QED) is 0.445. The van der Waals surface area contributed by atoms with Crippen LogP contribution in [0.2, 0.25) is 5.02 Å². The molecule has 0 bridgehead atoms. The standard InChI is InChI=1S/C19H23ClN8O5S/c1-10(15-21-5-13(20)6-22-15)11(2)34(29,30)27-19-26-25-16(12-7-33-8-12)28(19)14-17(31-3)23-9-24-18(14)32-4/h5-6,9-12H,7-8H2,1-4H3,(H,26,27)/t10-,11-/m0/s1. The molecule has 0 aliphatic carbocycles. The highest BCUT2D eigenvalue weighted by atomic mass is 35.5. The molecular formula is C19H23ClN8O5S. The van der Waals surface area contributed by atoms with E-state index in [4.69, 9.17) is 25.8 Å². The molecule has 0 amide bonds. The van der Waals surface area contributed by atoms with Crippen LogP contribution in [0, 0.1) is 0 Å². The van der Waals surface area contributed by atoms with Crippen molar-refractivity contribution in [1.82, 2.24) is 34.7 Å². The average Bonchev–Trinajstić information content (AvgIpc) is 3.18. The summed E-state index contributed by atoms with van der Waals surface area (Å²) in [6, 6.07) is 0. The maximum absolute atomic E-state index is 13.3. The first-order valence-electron chi connectivity index (χ1n) is 10.2. The van der Waals surface area contributed by atoms with E-state index >= 15 is 0 Å². The third-order valence-electron chi connectivity index (χ3n) is 5.53. The largest absolute Gasteiger partial charge is 0.479 e. The number of nitrogens with one attached hydrogen (secondary N) is 1. The zero-order valence-corrected chi connectivity index (χ0v) is 20.4. The highest BCUT2D eigenvalue weighted by Gasteiger charge is 2.35. The zero-order chi connectivity index (χ0) is 24.5. The second-order valence-electron chi connectivity index (χ2n) is 7.59. The maximum atomic E-state index is 13.3. The number of nitrogens with zero attached hydrogens (tertiary/aromatic N) is 7. The molecule has 1 aliphatic rings. The van der Waals surface area contributed by atoms with Crippen LogP contribution in [0.15, 0.2) is 18.7 Å². The van der Waals surface area contributed by atoms with E-state index in [9.17, 15) is 8.42 Å². The molecule has 4 rings (SSSR count). The summed E-state index contributed by atoms with van der Waals surface area (Å²) in [6.45, 7) is 4.08. The molecule has 0 unspecified atom stereocenters. The number of hydrogen-bond donors (Lipinski definition) is 1. The Morgan fingerprint density at radius 1 is 1.09 bits per heavy atom. The van der Waals surface area contributed by atoms with Crippen LogP contribution < -0.4 is 14.2 Å². The van der Waals surface area contributed by atoms with Crippen LogP contribution in [0.5, 0.6) is 11.8 Å². The van der Waals surface area contributed by atoms with Crippen molar-refractivity contribution in [3.8, 4) is 17.4 Å². The molecule has 15 heteroatoms. The molecule has 13 nitrogen and oxygen atoms in total. The molecule has 4 heterocycles. The highest BCUT2D eigenvalue weighted by molar-refractivity contribution is 7.93. The SMILES string of the molecule is COc1ncnc(OC)c1-n1c(NS(=O)(=O)[C@@H](C)[C@H](C)c2ncc(Cl)cn2)nnc1C1COC1. The lowest BCUT2D eigenvalue weighted by atomic mass is 10.1. The second-order valence-corrected chi connectivity index (χ2v) is 10.1. The molecule has 0 spiro atoms. The van der Waals surface area contributed by atoms with Crippen LogP contribution in [-0.2, 0) is 14.8 Å². The molecule has 1 saturated heterocycles. The van der Waals surface area contributed by atoms with Gasteiger partial charge in [-0.1, -0.05) is 18.5 Å². The normalized spacial score (nSPS) is 15.9. The molecule has 1 fully saturated rings. The lowest BCUT2D eigenvalue weighted by molar-refractivity contribution is 0.00414. The van der Waals surface area contributed by atoms with Gasteiger partial charge in [-0.3, -0.25) is 9.29 Å². The minimum absolute atomic E-state index is 0.0654. The van der Waals surface area contributed by atoms with Crippen molar-refractivity contribution in [3.05, 3.63) is 35.4 Å². The summed E-state index contributed by atoms with van der Waals surface area (Å²) in [5.74, 6) is 0.389. The van der Waals surface area contributed by atoms with Crippen LogP contribution in [0.25, 0.3) is 5.69 Å². The van der Waals surface area contributed by atoms with Gasteiger partial charge in [0.2, 0.25) is 27.7 Å². The van der Waals surface area contributed by atoms with Gasteiger partial charge in [0, 0.05) is 18.3 Å². The Bertz CT molecular complexity index is 1240. The number of halogens is 1. The fraction of sp³-hybridized carbons (Fsp3) is 0.474. The lowest BCUT2D eigenvalue weighted by Crippen LogP contribution is -2.32. The molecular weight excluding hydrogens is 488 g/mol. The van der Waals surface area contributed by atoms with E-state index in [0.717, 1.165) is 0 Å². The van der Waals surface area contributed by atoms with E-state index < -0.39 is 21.2 Å². The predicted molar refractivity (Wildman–Crippen MR) is 121 cm³/mol. The number of hydrogen-bond acceptors (Lipinski definition) is 11. The molecule has 0 saturated carbocycles. The third-order valence-corrected chi connectivity index (χ3v) is 7.58. The van der Waals surface area contributed by atoms with E-state index in [1.54, 1.807) is 13.8 Å². The van der Waals surface area contributed by atoms with Crippen molar-refractivity contribution < 1.29 is 22.6 Å². The number of ether oxygens (including phenoxy) is 3. The van der Waals surface area contributed by atoms with Gasteiger partial charge in [0.15, 0.2) is 5.69 Å². The Balaban J connectivity index is 1.74. The molecule has 0 radical (unpaired) electrons. The summed E-state index contributed by atoms with van der Waals surface area (Å²) in [5, 5.41) is 7.76. The van der Waals surface area contributed by atoms with Gasteiger partial charge in [-0.15, -0.1) is 10.2 Å². The molecule has 3 aromatic heterocycles. The number of aromatic nitrogens is 7. The second kappa shape index (κ2) is 9.64. The van der Waals surface area contributed by atoms with Crippen LogP contribution in [0.3, 0.4) is 0 Å². The van der Waals surface area contributed by atoms with Crippen LogP contribution in [0.4, 0.5) is 5.95 Å². The molecule has 1 N–H and O–H groups in total. The minimum atomic E-state index is -3.98. The van der Waals surface area contributed by atoms with Gasteiger partial charge in [0.1, 0.15) is 18.0 Å². The van der Waals surface area contributed by atoms with Gasteiger partial charge in [-0.05, 0) is 6.92 Å². The molecule has 3 aromatic rings. The first kappa shape index (κ1) is 24.0. The summed E-state index contributed by atoms with van der Waals surface area (Å²) < 4.78 is 46.8. The maximum Gasteiger partial charge on any atom is 0.245 e. The third kappa shape index (κ3) is 4.48. The number of methoxy groups -OCH3 is 2. The van der Waals surface area contributed by atoms with E-state index in [2.05, 4.69) is 34.9 Å². The molecule has 2 atom stereocenters. The van der Waals surface area contributed by atoms with Crippen LogP contribution >= 0.6 is 11.6 Å². The Hall–Kier alpha value is -3.10. The molecule has 0 aromatic carbocycles. The Morgan fingerprint density at radius 3 is 2.24 bits per heavy atom.